The van der Waals surface area contributed by atoms with E-state index in [0.29, 0.717) is 12.3 Å². The van der Waals surface area contributed by atoms with Gasteiger partial charge in [0.15, 0.2) is 0 Å². The SMILES string of the molecule is O=C(Cc1ccc(Br)s1)N1CCC(Cc2ccccc2)CC1. The summed E-state index contributed by atoms with van der Waals surface area (Å²) in [4.78, 5) is 15.5. The Labute approximate surface area is 144 Å². The largest absolute Gasteiger partial charge is 0.342 e. The first-order valence-electron chi connectivity index (χ1n) is 7.76. The molecule has 0 N–H and O–H groups in total. The predicted octanol–water partition coefficient (Wildman–Crippen LogP) is 4.53. The van der Waals surface area contributed by atoms with E-state index < -0.39 is 0 Å². The number of nitrogens with zero attached hydrogens (tertiary/aromatic N) is 1. The van der Waals surface area contributed by atoms with Crippen molar-refractivity contribution < 1.29 is 4.79 Å². The second-order valence-electron chi connectivity index (χ2n) is 5.90. The van der Waals surface area contributed by atoms with Gasteiger partial charge in [0.05, 0.1) is 10.2 Å². The fourth-order valence-corrected chi connectivity index (χ4v) is 4.52. The number of likely N-dealkylation sites (tertiary alicyclic amines) is 1. The van der Waals surface area contributed by atoms with Crippen LogP contribution in [0.1, 0.15) is 23.3 Å². The van der Waals surface area contributed by atoms with Gasteiger partial charge in [-0.1, -0.05) is 30.3 Å². The maximum Gasteiger partial charge on any atom is 0.227 e. The molecule has 2 nitrogen and oxygen atoms in total. The van der Waals surface area contributed by atoms with Gasteiger partial charge < -0.3 is 4.90 Å². The summed E-state index contributed by atoms with van der Waals surface area (Å²) in [6, 6.07) is 14.7. The summed E-state index contributed by atoms with van der Waals surface area (Å²) in [5, 5.41) is 0. The molecule has 0 aliphatic carbocycles. The molecule has 1 aromatic carbocycles. The highest BCUT2D eigenvalue weighted by Gasteiger charge is 2.23. The van der Waals surface area contributed by atoms with Crippen LogP contribution in [0.5, 0.6) is 0 Å². The van der Waals surface area contributed by atoms with Crippen LogP contribution in [0.3, 0.4) is 0 Å². The molecule has 1 amide bonds. The molecule has 0 spiro atoms. The Hall–Kier alpha value is -1.13. The minimum atomic E-state index is 0.271. The van der Waals surface area contributed by atoms with Crippen LogP contribution in [0.4, 0.5) is 0 Å². The van der Waals surface area contributed by atoms with Crippen LogP contribution in [0.2, 0.25) is 0 Å². The molecule has 1 fully saturated rings. The number of benzene rings is 1. The monoisotopic (exact) mass is 377 g/mol. The molecular weight excluding hydrogens is 358 g/mol. The van der Waals surface area contributed by atoms with E-state index in [0.717, 1.165) is 41.0 Å². The molecule has 2 aromatic rings. The molecule has 3 rings (SSSR count). The lowest BCUT2D eigenvalue weighted by Gasteiger charge is -2.32. The standard InChI is InChI=1S/C18H20BrNOS/c19-17-7-6-16(22-17)13-18(21)20-10-8-15(9-11-20)12-14-4-2-1-3-5-14/h1-7,15H,8-13H2. The van der Waals surface area contributed by atoms with Gasteiger partial charge in [0, 0.05) is 18.0 Å². The molecule has 4 heteroatoms. The molecule has 0 radical (unpaired) electrons. The number of carbonyl (C=O) groups is 1. The third kappa shape index (κ3) is 4.20. The van der Waals surface area contributed by atoms with Gasteiger partial charge in [0.25, 0.3) is 0 Å². The number of carbonyl (C=O) groups excluding carboxylic acids is 1. The first-order valence-corrected chi connectivity index (χ1v) is 9.37. The zero-order valence-electron chi connectivity index (χ0n) is 12.5. The quantitative estimate of drug-likeness (QED) is 0.765. The predicted molar refractivity (Wildman–Crippen MR) is 95.2 cm³/mol. The van der Waals surface area contributed by atoms with Crippen molar-refractivity contribution in [2.75, 3.05) is 13.1 Å². The van der Waals surface area contributed by atoms with E-state index in [1.165, 1.54) is 5.56 Å². The van der Waals surface area contributed by atoms with E-state index in [-0.39, 0.29) is 5.91 Å². The highest BCUT2D eigenvalue weighted by Crippen LogP contribution is 2.25. The number of hydrogen-bond donors (Lipinski definition) is 0. The van der Waals surface area contributed by atoms with E-state index in [9.17, 15) is 4.79 Å². The van der Waals surface area contributed by atoms with E-state index in [4.69, 9.17) is 0 Å². The minimum absolute atomic E-state index is 0.271. The molecule has 2 heterocycles. The first kappa shape index (κ1) is 15.8. The molecule has 0 atom stereocenters. The van der Waals surface area contributed by atoms with Crippen molar-refractivity contribution in [2.45, 2.75) is 25.7 Å². The zero-order valence-corrected chi connectivity index (χ0v) is 14.9. The normalized spacial score (nSPS) is 16.0. The lowest BCUT2D eigenvalue weighted by Crippen LogP contribution is -2.39. The highest BCUT2D eigenvalue weighted by atomic mass is 79.9. The van der Waals surface area contributed by atoms with Gasteiger partial charge in [-0.3, -0.25) is 4.79 Å². The molecular formula is C18H20BrNOS. The van der Waals surface area contributed by atoms with Gasteiger partial charge >= 0.3 is 0 Å². The Morgan fingerprint density at radius 3 is 2.50 bits per heavy atom. The summed E-state index contributed by atoms with van der Waals surface area (Å²) >= 11 is 5.10. The maximum absolute atomic E-state index is 12.4. The molecule has 1 aliphatic heterocycles. The highest BCUT2D eigenvalue weighted by molar-refractivity contribution is 9.11. The molecule has 0 unspecified atom stereocenters. The average molecular weight is 378 g/mol. The molecule has 116 valence electrons. The summed E-state index contributed by atoms with van der Waals surface area (Å²) in [7, 11) is 0. The summed E-state index contributed by atoms with van der Waals surface area (Å²) in [6.45, 7) is 1.81. The molecule has 22 heavy (non-hydrogen) atoms. The van der Waals surface area contributed by atoms with Gasteiger partial charge in [-0.05, 0) is 58.8 Å². The van der Waals surface area contributed by atoms with E-state index in [1.807, 2.05) is 17.0 Å². The van der Waals surface area contributed by atoms with Crippen molar-refractivity contribution >= 4 is 33.2 Å². The third-order valence-corrected chi connectivity index (χ3v) is 5.91. The smallest absolute Gasteiger partial charge is 0.227 e. The number of piperidine rings is 1. The van der Waals surface area contributed by atoms with Crippen LogP contribution in [0, 0.1) is 5.92 Å². The van der Waals surface area contributed by atoms with Crippen molar-refractivity contribution in [3.63, 3.8) is 0 Å². The number of halogens is 1. The topological polar surface area (TPSA) is 20.3 Å². The van der Waals surface area contributed by atoms with Crippen molar-refractivity contribution in [1.82, 2.24) is 4.90 Å². The molecule has 1 aromatic heterocycles. The number of amides is 1. The third-order valence-electron chi connectivity index (χ3n) is 4.29. The zero-order chi connectivity index (χ0) is 15.4. The lowest BCUT2D eigenvalue weighted by molar-refractivity contribution is -0.131. The number of rotatable bonds is 4. The Morgan fingerprint density at radius 2 is 1.86 bits per heavy atom. The second-order valence-corrected chi connectivity index (χ2v) is 8.44. The van der Waals surface area contributed by atoms with Gasteiger partial charge in [0.1, 0.15) is 0 Å². The van der Waals surface area contributed by atoms with Crippen LogP contribution in [0.25, 0.3) is 0 Å². The van der Waals surface area contributed by atoms with E-state index in [1.54, 1.807) is 11.3 Å². The summed E-state index contributed by atoms with van der Waals surface area (Å²) in [6.07, 6.45) is 3.92. The van der Waals surface area contributed by atoms with Gasteiger partial charge in [-0.25, -0.2) is 0 Å². The second kappa shape index (κ2) is 7.42. The maximum atomic E-state index is 12.4. The van der Waals surface area contributed by atoms with Crippen LogP contribution in [-0.4, -0.2) is 23.9 Å². The molecule has 1 aliphatic rings. The fourth-order valence-electron chi connectivity index (χ4n) is 3.04. The summed E-state index contributed by atoms with van der Waals surface area (Å²) < 4.78 is 1.09. The van der Waals surface area contributed by atoms with Crippen LogP contribution < -0.4 is 0 Å². The van der Waals surface area contributed by atoms with E-state index >= 15 is 0 Å². The lowest BCUT2D eigenvalue weighted by atomic mass is 9.90. The van der Waals surface area contributed by atoms with Crippen molar-refractivity contribution in [1.29, 1.82) is 0 Å². The van der Waals surface area contributed by atoms with Gasteiger partial charge in [-0.15, -0.1) is 11.3 Å². The minimum Gasteiger partial charge on any atom is -0.342 e. The summed E-state index contributed by atoms with van der Waals surface area (Å²) in [5.74, 6) is 0.981. The number of thiophene rings is 1. The van der Waals surface area contributed by atoms with E-state index in [2.05, 4.69) is 46.3 Å². The van der Waals surface area contributed by atoms with Gasteiger partial charge in [-0.2, -0.15) is 0 Å². The molecule has 1 saturated heterocycles. The van der Waals surface area contributed by atoms with Gasteiger partial charge in [0.2, 0.25) is 5.91 Å². The Bertz CT molecular complexity index is 617. The van der Waals surface area contributed by atoms with Crippen molar-refractivity contribution in [2.24, 2.45) is 5.92 Å². The average Bonchev–Trinajstić information content (AvgIpc) is 2.94. The Kier molecular flexibility index (Phi) is 5.32. The van der Waals surface area contributed by atoms with Crippen LogP contribution in [-0.2, 0) is 17.6 Å². The fraction of sp³-hybridized carbons (Fsp3) is 0.389. The summed E-state index contributed by atoms with van der Waals surface area (Å²) in [5.41, 5.74) is 1.41. The number of hydrogen-bond acceptors (Lipinski definition) is 2. The van der Waals surface area contributed by atoms with Crippen LogP contribution >= 0.6 is 27.3 Å². The Morgan fingerprint density at radius 1 is 1.14 bits per heavy atom. The first-order chi connectivity index (χ1) is 10.7. The van der Waals surface area contributed by atoms with Crippen molar-refractivity contribution in [3.8, 4) is 0 Å². The van der Waals surface area contributed by atoms with Crippen LogP contribution in [0.15, 0.2) is 46.3 Å². The Balaban J connectivity index is 1.48. The van der Waals surface area contributed by atoms with Crippen molar-refractivity contribution in [3.05, 3.63) is 56.7 Å². The molecule has 0 bridgehead atoms. The molecule has 0 saturated carbocycles.